The number of hydrogen-bond donors (Lipinski definition) is 2. The number of hydrazone groups is 1. The van der Waals surface area contributed by atoms with E-state index in [1.807, 2.05) is 13.0 Å². The summed E-state index contributed by atoms with van der Waals surface area (Å²) in [6, 6.07) is 20.0. The molecule has 0 heterocycles. The molecule has 3 aromatic carbocycles. The summed E-state index contributed by atoms with van der Waals surface area (Å²) in [6.07, 6.45) is 1.36. The number of ether oxygens (including phenoxy) is 1. The van der Waals surface area contributed by atoms with E-state index in [-0.39, 0.29) is 0 Å². The number of esters is 1. The maximum absolute atomic E-state index is 12.1. The SMILES string of the molecule is Cc1cccc(NC(=O)C(=O)N/N=C/c2ccc(OC(=O)c3cccc(Cl)c3)cc2)c1. The third kappa shape index (κ3) is 6.52. The first kappa shape index (κ1) is 21.7. The molecule has 7 nitrogen and oxygen atoms in total. The summed E-state index contributed by atoms with van der Waals surface area (Å²) >= 11 is 5.87. The maximum Gasteiger partial charge on any atom is 0.343 e. The molecule has 0 saturated carbocycles. The highest BCUT2D eigenvalue weighted by Gasteiger charge is 2.13. The van der Waals surface area contributed by atoms with Crippen molar-refractivity contribution >= 4 is 41.3 Å². The van der Waals surface area contributed by atoms with Gasteiger partial charge in [-0.15, -0.1) is 0 Å². The van der Waals surface area contributed by atoms with Gasteiger partial charge in [-0.2, -0.15) is 5.10 Å². The van der Waals surface area contributed by atoms with Gasteiger partial charge in [-0.25, -0.2) is 10.2 Å². The summed E-state index contributed by atoms with van der Waals surface area (Å²) in [5.41, 5.74) is 4.60. The van der Waals surface area contributed by atoms with Gasteiger partial charge in [-0.1, -0.05) is 29.8 Å². The molecule has 0 aliphatic heterocycles. The molecular weight excluding hydrogens is 418 g/mol. The van der Waals surface area contributed by atoms with Crippen LogP contribution in [0.4, 0.5) is 5.69 Å². The summed E-state index contributed by atoms with van der Waals surface area (Å²) in [7, 11) is 0. The number of carbonyl (C=O) groups is 3. The molecule has 3 rings (SSSR count). The predicted molar refractivity (Wildman–Crippen MR) is 118 cm³/mol. The molecule has 0 unspecified atom stereocenters. The Bertz CT molecular complexity index is 1140. The van der Waals surface area contributed by atoms with Gasteiger partial charge in [0.1, 0.15) is 5.75 Å². The van der Waals surface area contributed by atoms with Gasteiger partial charge in [0.2, 0.25) is 0 Å². The topological polar surface area (TPSA) is 96.9 Å². The molecule has 0 saturated heterocycles. The van der Waals surface area contributed by atoms with Crippen LogP contribution in [0.5, 0.6) is 5.75 Å². The number of hydrogen-bond acceptors (Lipinski definition) is 5. The van der Waals surface area contributed by atoms with Gasteiger partial charge in [0.15, 0.2) is 0 Å². The number of anilines is 1. The van der Waals surface area contributed by atoms with Gasteiger partial charge in [-0.05, 0) is 72.6 Å². The Morgan fingerprint density at radius 1 is 0.935 bits per heavy atom. The number of carbonyl (C=O) groups excluding carboxylic acids is 3. The number of nitrogens with one attached hydrogen (secondary N) is 2. The number of nitrogens with zero attached hydrogens (tertiary/aromatic N) is 1. The Hall–Kier alpha value is -3.97. The van der Waals surface area contributed by atoms with Crippen LogP contribution in [-0.4, -0.2) is 24.0 Å². The van der Waals surface area contributed by atoms with Crippen molar-refractivity contribution in [1.29, 1.82) is 0 Å². The molecule has 0 radical (unpaired) electrons. The average Bonchev–Trinajstić information content (AvgIpc) is 2.75. The second-order valence-corrected chi connectivity index (χ2v) is 6.93. The van der Waals surface area contributed by atoms with E-state index in [1.165, 1.54) is 12.3 Å². The third-order valence-electron chi connectivity index (χ3n) is 4.01. The Morgan fingerprint density at radius 3 is 2.39 bits per heavy atom. The van der Waals surface area contributed by atoms with Crippen molar-refractivity contribution < 1.29 is 19.1 Å². The third-order valence-corrected chi connectivity index (χ3v) is 4.25. The minimum atomic E-state index is -0.898. The first-order chi connectivity index (χ1) is 14.9. The number of benzene rings is 3. The molecule has 0 aliphatic rings. The van der Waals surface area contributed by atoms with Gasteiger partial charge < -0.3 is 10.1 Å². The quantitative estimate of drug-likeness (QED) is 0.208. The van der Waals surface area contributed by atoms with E-state index in [0.29, 0.717) is 27.6 Å². The van der Waals surface area contributed by atoms with Gasteiger partial charge in [0.25, 0.3) is 0 Å². The molecule has 0 bridgehead atoms. The fourth-order valence-corrected chi connectivity index (χ4v) is 2.72. The Morgan fingerprint density at radius 2 is 1.68 bits per heavy atom. The number of halogens is 1. The zero-order valence-electron chi connectivity index (χ0n) is 16.5. The van der Waals surface area contributed by atoms with E-state index in [1.54, 1.807) is 60.7 Å². The van der Waals surface area contributed by atoms with Crippen LogP contribution in [0.3, 0.4) is 0 Å². The van der Waals surface area contributed by atoms with Crippen molar-refractivity contribution in [1.82, 2.24) is 5.43 Å². The number of amides is 2. The molecule has 0 spiro atoms. The molecule has 2 amide bonds. The van der Waals surface area contributed by atoms with Gasteiger partial charge >= 0.3 is 17.8 Å². The number of aryl methyl sites for hydroxylation is 1. The zero-order valence-corrected chi connectivity index (χ0v) is 17.2. The summed E-state index contributed by atoms with van der Waals surface area (Å²) in [5.74, 6) is -1.92. The molecule has 0 atom stereocenters. The van der Waals surface area contributed by atoms with E-state index in [9.17, 15) is 14.4 Å². The molecule has 0 fully saturated rings. The lowest BCUT2D eigenvalue weighted by molar-refractivity contribution is -0.136. The highest BCUT2D eigenvalue weighted by atomic mass is 35.5. The Kier molecular flexibility index (Phi) is 7.13. The molecule has 2 N–H and O–H groups in total. The second-order valence-electron chi connectivity index (χ2n) is 6.49. The summed E-state index contributed by atoms with van der Waals surface area (Å²) in [4.78, 5) is 35.9. The van der Waals surface area contributed by atoms with Crippen molar-refractivity contribution in [2.75, 3.05) is 5.32 Å². The minimum Gasteiger partial charge on any atom is -0.423 e. The lowest BCUT2D eigenvalue weighted by Crippen LogP contribution is -2.32. The van der Waals surface area contributed by atoms with Crippen molar-refractivity contribution in [3.8, 4) is 5.75 Å². The summed E-state index contributed by atoms with van der Waals surface area (Å²) in [6.45, 7) is 1.88. The molecule has 0 aromatic heterocycles. The van der Waals surface area contributed by atoms with Crippen LogP contribution < -0.4 is 15.5 Å². The fraction of sp³-hybridized carbons (Fsp3) is 0.0435. The highest BCUT2D eigenvalue weighted by molar-refractivity contribution is 6.39. The van der Waals surface area contributed by atoms with Crippen LogP contribution in [0, 0.1) is 6.92 Å². The van der Waals surface area contributed by atoms with Crippen LogP contribution in [0.25, 0.3) is 0 Å². The summed E-state index contributed by atoms with van der Waals surface area (Å²) < 4.78 is 5.28. The van der Waals surface area contributed by atoms with E-state index in [4.69, 9.17) is 16.3 Å². The van der Waals surface area contributed by atoms with Crippen LogP contribution >= 0.6 is 11.6 Å². The largest absolute Gasteiger partial charge is 0.423 e. The monoisotopic (exact) mass is 435 g/mol. The highest BCUT2D eigenvalue weighted by Crippen LogP contribution is 2.16. The summed E-state index contributed by atoms with van der Waals surface area (Å²) in [5, 5.41) is 6.69. The second kappa shape index (κ2) is 10.2. The van der Waals surface area contributed by atoms with Gasteiger partial charge in [-0.3, -0.25) is 9.59 Å². The normalized spacial score (nSPS) is 10.5. The molecule has 3 aromatic rings. The van der Waals surface area contributed by atoms with E-state index in [2.05, 4.69) is 15.8 Å². The minimum absolute atomic E-state index is 0.337. The van der Waals surface area contributed by atoms with Gasteiger partial charge in [0.05, 0.1) is 11.8 Å². The average molecular weight is 436 g/mol. The van der Waals surface area contributed by atoms with Crippen molar-refractivity contribution in [2.24, 2.45) is 5.10 Å². The van der Waals surface area contributed by atoms with Gasteiger partial charge in [0, 0.05) is 10.7 Å². The van der Waals surface area contributed by atoms with Crippen molar-refractivity contribution in [2.45, 2.75) is 6.92 Å². The lowest BCUT2D eigenvalue weighted by atomic mass is 10.2. The van der Waals surface area contributed by atoms with E-state index in [0.717, 1.165) is 5.56 Å². The van der Waals surface area contributed by atoms with Crippen LogP contribution in [-0.2, 0) is 9.59 Å². The molecule has 31 heavy (non-hydrogen) atoms. The van der Waals surface area contributed by atoms with Crippen LogP contribution in [0.2, 0.25) is 5.02 Å². The zero-order chi connectivity index (χ0) is 22.2. The van der Waals surface area contributed by atoms with E-state index < -0.39 is 17.8 Å². The Labute approximate surface area is 183 Å². The standard InChI is InChI=1S/C23H18ClN3O4/c1-15-4-2-7-19(12-15)26-21(28)22(29)27-25-14-16-8-10-20(11-9-16)31-23(30)17-5-3-6-18(24)13-17/h2-14H,1H3,(H,26,28)(H,27,29)/b25-14+. The lowest BCUT2D eigenvalue weighted by Gasteiger charge is -2.05. The first-order valence-corrected chi connectivity index (χ1v) is 9.57. The number of rotatable bonds is 5. The van der Waals surface area contributed by atoms with Crippen molar-refractivity contribution in [3.63, 3.8) is 0 Å². The van der Waals surface area contributed by atoms with Crippen molar-refractivity contribution in [3.05, 3.63) is 94.5 Å². The molecule has 8 heteroatoms. The van der Waals surface area contributed by atoms with Crippen LogP contribution in [0.1, 0.15) is 21.5 Å². The van der Waals surface area contributed by atoms with E-state index >= 15 is 0 Å². The maximum atomic E-state index is 12.1. The fourth-order valence-electron chi connectivity index (χ4n) is 2.53. The molecule has 0 aliphatic carbocycles. The van der Waals surface area contributed by atoms with Crippen LogP contribution in [0.15, 0.2) is 77.9 Å². The Balaban J connectivity index is 1.51. The first-order valence-electron chi connectivity index (χ1n) is 9.19. The molecule has 156 valence electrons. The smallest absolute Gasteiger partial charge is 0.343 e. The molecular formula is C23H18ClN3O4. The predicted octanol–water partition coefficient (Wildman–Crippen LogP) is 3.96.